The molecular formula is C4H7F3N2. The lowest BCUT2D eigenvalue weighted by molar-refractivity contribution is -0.142. The van der Waals surface area contributed by atoms with E-state index in [1.807, 2.05) is 0 Å². The Kier molecular flexibility index (Phi) is 2.48. The smallest absolute Gasteiger partial charge is 0.292 e. The van der Waals surface area contributed by atoms with Crippen LogP contribution >= 0.6 is 0 Å². The van der Waals surface area contributed by atoms with E-state index in [2.05, 4.69) is 11.8 Å². The van der Waals surface area contributed by atoms with Crippen molar-refractivity contribution in [2.75, 3.05) is 13.6 Å². The summed E-state index contributed by atoms with van der Waals surface area (Å²) >= 11 is 0. The first-order valence-electron chi connectivity index (χ1n) is 2.20. The molecule has 0 saturated carbocycles. The molecule has 0 atom stereocenters. The molecule has 0 radical (unpaired) electrons. The molecule has 0 aromatic heterocycles. The standard InChI is InChI=1S/C4H7F3N2/c1-8-9(2)3-4(5,6)7/h1,3H2,2H3. The SMILES string of the molecule is C=NN(C)CC(F)(F)F. The van der Waals surface area contributed by atoms with Gasteiger partial charge in [0.25, 0.3) is 0 Å². The highest BCUT2D eigenvalue weighted by Gasteiger charge is 2.28. The van der Waals surface area contributed by atoms with Gasteiger partial charge in [0, 0.05) is 13.8 Å². The van der Waals surface area contributed by atoms with Gasteiger partial charge in [-0.05, 0) is 0 Å². The minimum absolute atomic E-state index is 0.722. The van der Waals surface area contributed by atoms with Crippen LogP contribution in [-0.2, 0) is 0 Å². The topological polar surface area (TPSA) is 15.6 Å². The van der Waals surface area contributed by atoms with E-state index < -0.39 is 12.7 Å². The zero-order valence-corrected chi connectivity index (χ0v) is 4.94. The van der Waals surface area contributed by atoms with Crippen LogP contribution in [0.4, 0.5) is 13.2 Å². The lowest BCUT2D eigenvalue weighted by atomic mass is 10.6. The number of hydrogen-bond donors (Lipinski definition) is 0. The fourth-order valence-electron chi connectivity index (χ4n) is 0.309. The first-order chi connectivity index (χ1) is 3.95. The van der Waals surface area contributed by atoms with E-state index >= 15 is 0 Å². The third-order valence-corrected chi connectivity index (χ3v) is 0.650. The lowest BCUT2D eigenvalue weighted by Gasteiger charge is -2.13. The molecule has 0 aromatic rings. The Labute approximate surface area is 51.0 Å². The van der Waals surface area contributed by atoms with Gasteiger partial charge in [-0.2, -0.15) is 18.3 Å². The number of hydrazone groups is 1. The van der Waals surface area contributed by atoms with E-state index in [1.165, 1.54) is 7.05 Å². The zero-order chi connectivity index (χ0) is 7.49. The summed E-state index contributed by atoms with van der Waals surface area (Å²) in [6, 6.07) is 0. The van der Waals surface area contributed by atoms with Gasteiger partial charge in [-0.25, -0.2) is 0 Å². The first kappa shape index (κ1) is 8.26. The Hall–Kier alpha value is -0.740. The van der Waals surface area contributed by atoms with Gasteiger partial charge in [-0.15, -0.1) is 0 Å². The van der Waals surface area contributed by atoms with Crippen molar-refractivity contribution < 1.29 is 13.2 Å². The molecule has 0 fully saturated rings. The van der Waals surface area contributed by atoms with Gasteiger partial charge in [0.2, 0.25) is 0 Å². The van der Waals surface area contributed by atoms with Crippen LogP contribution < -0.4 is 0 Å². The van der Waals surface area contributed by atoms with E-state index in [-0.39, 0.29) is 0 Å². The normalized spacial score (nSPS) is 11.1. The molecule has 0 N–H and O–H groups in total. The van der Waals surface area contributed by atoms with Crippen LogP contribution in [0.5, 0.6) is 0 Å². The molecule has 0 aliphatic carbocycles. The number of halogens is 3. The van der Waals surface area contributed by atoms with Gasteiger partial charge < -0.3 is 0 Å². The second-order valence-corrected chi connectivity index (χ2v) is 1.57. The van der Waals surface area contributed by atoms with Crippen LogP contribution in [0.3, 0.4) is 0 Å². The molecule has 0 unspecified atom stereocenters. The van der Waals surface area contributed by atoms with Crippen molar-refractivity contribution in [1.29, 1.82) is 0 Å². The summed E-state index contributed by atoms with van der Waals surface area (Å²) in [5, 5.41) is 3.76. The molecule has 0 aromatic carbocycles. The van der Waals surface area contributed by atoms with E-state index in [1.54, 1.807) is 0 Å². The van der Waals surface area contributed by atoms with E-state index in [4.69, 9.17) is 0 Å². The van der Waals surface area contributed by atoms with Crippen molar-refractivity contribution >= 4 is 6.72 Å². The number of alkyl halides is 3. The number of hydrogen-bond acceptors (Lipinski definition) is 2. The Morgan fingerprint density at radius 1 is 1.56 bits per heavy atom. The highest BCUT2D eigenvalue weighted by Crippen LogP contribution is 2.14. The van der Waals surface area contributed by atoms with Crippen LogP contribution in [-0.4, -0.2) is 31.5 Å². The van der Waals surface area contributed by atoms with Gasteiger partial charge in [0.15, 0.2) is 0 Å². The largest absolute Gasteiger partial charge is 0.407 e. The second-order valence-electron chi connectivity index (χ2n) is 1.57. The summed E-state index contributed by atoms with van der Waals surface area (Å²) in [4.78, 5) is 0. The summed E-state index contributed by atoms with van der Waals surface area (Å²) in [5.41, 5.74) is 0. The molecule has 0 aliphatic heterocycles. The summed E-state index contributed by atoms with van der Waals surface area (Å²) in [5.74, 6) is 0. The zero-order valence-electron chi connectivity index (χ0n) is 4.94. The van der Waals surface area contributed by atoms with Crippen LogP contribution in [0.25, 0.3) is 0 Å². The van der Waals surface area contributed by atoms with Gasteiger partial charge in [-0.1, -0.05) is 0 Å². The molecule has 2 nitrogen and oxygen atoms in total. The van der Waals surface area contributed by atoms with Crippen LogP contribution in [0.15, 0.2) is 5.10 Å². The van der Waals surface area contributed by atoms with Crippen LogP contribution in [0, 0.1) is 0 Å². The number of nitrogens with zero attached hydrogens (tertiary/aromatic N) is 2. The average Bonchev–Trinajstić information content (AvgIpc) is 1.62. The van der Waals surface area contributed by atoms with E-state index in [0.29, 0.717) is 0 Å². The van der Waals surface area contributed by atoms with Crippen molar-refractivity contribution in [3.05, 3.63) is 0 Å². The molecule has 0 saturated heterocycles. The van der Waals surface area contributed by atoms with Crippen LogP contribution in [0.1, 0.15) is 0 Å². The maximum atomic E-state index is 11.4. The number of rotatable bonds is 2. The van der Waals surface area contributed by atoms with Gasteiger partial charge in [0.1, 0.15) is 6.54 Å². The Bertz CT molecular complexity index is 98.5. The Morgan fingerprint density at radius 3 is 2.11 bits per heavy atom. The predicted molar refractivity (Wildman–Crippen MR) is 28.2 cm³/mol. The maximum Gasteiger partial charge on any atom is 0.407 e. The fraction of sp³-hybridized carbons (Fsp3) is 0.750. The van der Waals surface area contributed by atoms with Crippen molar-refractivity contribution in [3.8, 4) is 0 Å². The molecule has 0 rings (SSSR count). The van der Waals surface area contributed by atoms with Gasteiger partial charge >= 0.3 is 6.18 Å². The lowest BCUT2D eigenvalue weighted by Crippen LogP contribution is -2.26. The molecule has 0 bridgehead atoms. The first-order valence-corrected chi connectivity index (χ1v) is 2.20. The highest BCUT2D eigenvalue weighted by molar-refractivity contribution is 5.22. The van der Waals surface area contributed by atoms with Crippen molar-refractivity contribution in [1.82, 2.24) is 5.01 Å². The molecule has 54 valence electrons. The molecule has 0 aliphatic rings. The summed E-state index contributed by atoms with van der Waals surface area (Å²) in [6.07, 6.45) is -4.18. The Morgan fingerprint density at radius 2 is 2.00 bits per heavy atom. The quantitative estimate of drug-likeness (QED) is 0.414. The minimum Gasteiger partial charge on any atom is -0.292 e. The average molecular weight is 140 g/mol. The second kappa shape index (κ2) is 2.70. The fourth-order valence-corrected chi connectivity index (χ4v) is 0.309. The minimum atomic E-state index is -4.18. The third kappa shape index (κ3) is 5.13. The van der Waals surface area contributed by atoms with Gasteiger partial charge in [-0.3, -0.25) is 5.01 Å². The molecular weight excluding hydrogens is 133 g/mol. The van der Waals surface area contributed by atoms with Crippen molar-refractivity contribution in [3.63, 3.8) is 0 Å². The third-order valence-electron chi connectivity index (χ3n) is 0.650. The van der Waals surface area contributed by atoms with Crippen LogP contribution in [0.2, 0.25) is 0 Å². The molecule has 0 spiro atoms. The van der Waals surface area contributed by atoms with E-state index in [9.17, 15) is 13.2 Å². The molecule has 0 amide bonds. The van der Waals surface area contributed by atoms with Crippen molar-refractivity contribution in [2.45, 2.75) is 6.18 Å². The summed E-state index contributed by atoms with van der Waals surface area (Å²) in [7, 11) is 1.21. The van der Waals surface area contributed by atoms with Gasteiger partial charge in [0.05, 0.1) is 0 Å². The van der Waals surface area contributed by atoms with Crippen molar-refractivity contribution in [2.24, 2.45) is 5.10 Å². The highest BCUT2D eigenvalue weighted by atomic mass is 19.4. The Balaban J connectivity index is 3.59. The monoisotopic (exact) mass is 140 g/mol. The predicted octanol–water partition coefficient (Wildman–Crippen LogP) is 1.10. The summed E-state index contributed by atoms with van der Waals surface area (Å²) < 4.78 is 34.1. The van der Waals surface area contributed by atoms with E-state index in [0.717, 1.165) is 5.01 Å². The summed E-state index contributed by atoms with van der Waals surface area (Å²) in [6.45, 7) is 1.88. The molecule has 0 heterocycles. The maximum absolute atomic E-state index is 11.4. The molecule has 9 heavy (non-hydrogen) atoms. The molecule has 5 heteroatoms.